The van der Waals surface area contributed by atoms with E-state index in [1.807, 2.05) is 6.07 Å². The maximum Gasteiger partial charge on any atom is 0.273 e. The van der Waals surface area contributed by atoms with Crippen LogP contribution in [-0.2, 0) is 0 Å². The standard InChI is InChI=1S/C10H5Br2ClN2O2/c11-5-1-2-7(6(12)3-5)17-10-8(13)9(16)14-4-15-10/h1-4H,(H,14,15,16). The number of ether oxygens (including phenoxy) is 1. The van der Waals surface area contributed by atoms with E-state index in [0.29, 0.717) is 5.75 Å². The molecule has 0 saturated heterocycles. The van der Waals surface area contributed by atoms with E-state index in [2.05, 4.69) is 41.8 Å². The Morgan fingerprint density at radius 1 is 1.35 bits per heavy atom. The fourth-order valence-corrected chi connectivity index (χ4v) is 2.37. The molecule has 0 atom stereocenters. The lowest BCUT2D eigenvalue weighted by Gasteiger charge is -2.07. The van der Waals surface area contributed by atoms with E-state index in [0.717, 1.165) is 8.95 Å². The molecule has 0 spiro atoms. The summed E-state index contributed by atoms with van der Waals surface area (Å²) in [7, 11) is 0. The van der Waals surface area contributed by atoms with Gasteiger partial charge in [-0.05, 0) is 34.1 Å². The third-order valence-electron chi connectivity index (χ3n) is 1.87. The molecule has 4 nitrogen and oxygen atoms in total. The van der Waals surface area contributed by atoms with Gasteiger partial charge in [-0.2, -0.15) is 0 Å². The molecule has 0 amide bonds. The van der Waals surface area contributed by atoms with Crippen LogP contribution in [0.3, 0.4) is 0 Å². The SMILES string of the molecule is O=c1[nH]cnc(Oc2ccc(Br)cc2Br)c1Cl. The Morgan fingerprint density at radius 3 is 2.82 bits per heavy atom. The van der Waals surface area contributed by atoms with Crippen molar-refractivity contribution in [3.8, 4) is 11.6 Å². The Labute approximate surface area is 118 Å². The van der Waals surface area contributed by atoms with Crippen LogP contribution in [0.4, 0.5) is 0 Å². The first kappa shape index (κ1) is 12.6. The van der Waals surface area contributed by atoms with Crippen LogP contribution in [0.25, 0.3) is 0 Å². The first-order chi connectivity index (χ1) is 8.08. The van der Waals surface area contributed by atoms with Crippen LogP contribution in [0.15, 0.2) is 38.3 Å². The number of nitrogens with one attached hydrogen (secondary N) is 1. The van der Waals surface area contributed by atoms with Crippen molar-refractivity contribution in [2.45, 2.75) is 0 Å². The zero-order valence-electron chi connectivity index (χ0n) is 8.21. The van der Waals surface area contributed by atoms with E-state index in [1.54, 1.807) is 12.1 Å². The van der Waals surface area contributed by atoms with Crippen molar-refractivity contribution in [1.29, 1.82) is 0 Å². The van der Waals surface area contributed by atoms with Gasteiger partial charge in [-0.25, -0.2) is 4.98 Å². The zero-order chi connectivity index (χ0) is 12.4. The number of aromatic amines is 1. The van der Waals surface area contributed by atoms with Gasteiger partial charge in [0.15, 0.2) is 5.02 Å². The van der Waals surface area contributed by atoms with Gasteiger partial charge in [0.25, 0.3) is 5.56 Å². The number of hydrogen-bond donors (Lipinski definition) is 1. The van der Waals surface area contributed by atoms with E-state index < -0.39 is 5.56 Å². The topological polar surface area (TPSA) is 55.0 Å². The molecule has 2 rings (SSSR count). The fraction of sp³-hybridized carbons (Fsp3) is 0. The molecule has 1 N–H and O–H groups in total. The summed E-state index contributed by atoms with van der Waals surface area (Å²) in [6, 6.07) is 5.35. The molecule has 0 bridgehead atoms. The van der Waals surface area contributed by atoms with E-state index in [-0.39, 0.29) is 10.9 Å². The van der Waals surface area contributed by atoms with Gasteiger partial charge in [0, 0.05) is 4.47 Å². The number of aromatic nitrogens is 2. The third-order valence-corrected chi connectivity index (χ3v) is 3.31. The second kappa shape index (κ2) is 5.20. The lowest BCUT2D eigenvalue weighted by molar-refractivity contribution is 0.458. The predicted molar refractivity (Wildman–Crippen MR) is 71.8 cm³/mol. The monoisotopic (exact) mass is 378 g/mol. The van der Waals surface area contributed by atoms with E-state index in [9.17, 15) is 4.79 Å². The summed E-state index contributed by atoms with van der Waals surface area (Å²) in [5, 5.41) is -0.0812. The summed E-state index contributed by atoms with van der Waals surface area (Å²) >= 11 is 12.4. The van der Waals surface area contributed by atoms with Gasteiger partial charge in [0.05, 0.1) is 10.8 Å². The molecular formula is C10H5Br2ClN2O2. The summed E-state index contributed by atoms with van der Waals surface area (Å²) in [6.07, 6.45) is 1.23. The molecule has 17 heavy (non-hydrogen) atoms. The highest BCUT2D eigenvalue weighted by Crippen LogP contribution is 2.32. The van der Waals surface area contributed by atoms with Gasteiger partial charge in [-0.15, -0.1) is 0 Å². The van der Waals surface area contributed by atoms with Crippen LogP contribution in [0.1, 0.15) is 0 Å². The van der Waals surface area contributed by atoms with Crippen molar-refractivity contribution in [2.24, 2.45) is 0 Å². The van der Waals surface area contributed by atoms with Gasteiger partial charge < -0.3 is 9.72 Å². The molecule has 0 aliphatic carbocycles. The van der Waals surface area contributed by atoms with E-state index in [1.165, 1.54) is 6.33 Å². The molecule has 0 radical (unpaired) electrons. The average Bonchev–Trinajstić information content (AvgIpc) is 2.28. The zero-order valence-corrected chi connectivity index (χ0v) is 12.1. The van der Waals surface area contributed by atoms with Crippen LogP contribution in [0, 0.1) is 0 Å². The third kappa shape index (κ3) is 2.88. The highest BCUT2D eigenvalue weighted by molar-refractivity contribution is 9.11. The predicted octanol–water partition coefficient (Wildman–Crippen LogP) is 3.74. The van der Waals surface area contributed by atoms with Gasteiger partial charge in [-0.3, -0.25) is 4.79 Å². The lowest BCUT2D eigenvalue weighted by Crippen LogP contribution is -2.07. The Kier molecular flexibility index (Phi) is 3.86. The molecule has 7 heteroatoms. The van der Waals surface area contributed by atoms with Crippen molar-refractivity contribution >= 4 is 43.5 Å². The fourth-order valence-electron chi connectivity index (χ4n) is 1.10. The minimum Gasteiger partial charge on any atom is -0.436 e. The Bertz CT molecular complexity index is 615. The molecule has 0 fully saturated rings. The van der Waals surface area contributed by atoms with Crippen molar-refractivity contribution in [1.82, 2.24) is 9.97 Å². The normalized spacial score (nSPS) is 10.3. The highest BCUT2D eigenvalue weighted by Gasteiger charge is 2.10. The van der Waals surface area contributed by atoms with Crippen LogP contribution in [-0.4, -0.2) is 9.97 Å². The molecular weight excluding hydrogens is 375 g/mol. The molecule has 1 aromatic carbocycles. The molecule has 0 aliphatic heterocycles. The highest BCUT2D eigenvalue weighted by atomic mass is 79.9. The largest absolute Gasteiger partial charge is 0.436 e. The second-order valence-corrected chi connectivity index (χ2v) is 5.18. The Hall–Kier alpha value is -0.850. The maximum absolute atomic E-state index is 11.2. The molecule has 0 unspecified atom stereocenters. The second-order valence-electron chi connectivity index (χ2n) is 3.03. The molecule has 88 valence electrons. The maximum atomic E-state index is 11.2. The number of rotatable bonds is 2. The lowest BCUT2D eigenvalue weighted by atomic mass is 10.3. The van der Waals surface area contributed by atoms with Crippen molar-refractivity contribution < 1.29 is 4.74 Å². The van der Waals surface area contributed by atoms with Crippen molar-refractivity contribution in [2.75, 3.05) is 0 Å². The van der Waals surface area contributed by atoms with Crippen LogP contribution < -0.4 is 10.3 Å². The first-order valence-electron chi connectivity index (χ1n) is 4.44. The van der Waals surface area contributed by atoms with Crippen LogP contribution in [0.2, 0.25) is 5.02 Å². The van der Waals surface area contributed by atoms with Crippen LogP contribution >= 0.6 is 43.5 Å². The minimum absolute atomic E-state index is 0.0680. The first-order valence-corrected chi connectivity index (χ1v) is 6.40. The van der Waals surface area contributed by atoms with E-state index in [4.69, 9.17) is 16.3 Å². The molecule has 1 heterocycles. The van der Waals surface area contributed by atoms with Gasteiger partial charge in [-0.1, -0.05) is 27.5 Å². The number of hydrogen-bond acceptors (Lipinski definition) is 3. The summed E-state index contributed by atoms with van der Waals surface area (Å²) in [5.74, 6) is 0.589. The number of H-pyrrole nitrogens is 1. The Morgan fingerprint density at radius 2 is 2.12 bits per heavy atom. The summed E-state index contributed by atoms with van der Waals surface area (Å²) < 4.78 is 7.08. The van der Waals surface area contributed by atoms with Crippen molar-refractivity contribution in [3.63, 3.8) is 0 Å². The number of nitrogens with zero attached hydrogens (tertiary/aromatic N) is 1. The summed E-state index contributed by atoms with van der Waals surface area (Å²) in [4.78, 5) is 17.4. The summed E-state index contributed by atoms with van der Waals surface area (Å²) in [5.41, 5.74) is -0.440. The van der Waals surface area contributed by atoms with E-state index >= 15 is 0 Å². The Balaban J connectivity index is 2.38. The van der Waals surface area contributed by atoms with Crippen molar-refractivity contribution in [3.05, 3.63) is 48.8 Å². The molecule has 0 saturated carbocycles. The minimum atomic E-state index is -0.440. The average molecular weight is 380 g/mol. The number of halogens is 3. The smallest absolute Gasteiger partial charge is 0.273 e. The van der Waals surface area contributed by atoms with Gasteiger partial charge in [0.1, 0.15) is 5.75 Å². The summed E-state index contributed by atoms with van der Waals surface area (Å²) in [6.45, 7) is 0. The van der Waals surface area contributed by atoms with Crippen LogP contribution in [0.5, 0.6) is 11.6 Å². The van der Waals surface area contributed by atoms with Gasteiger partial charge in [0.2, 0.25) is 5.88 Å². The molecule has 0 aliphatic rings. The van der Waals surface area contributed by atoms with Gasteiger partial charge >= 0.3 is 0 Å². The number of benzene rings is 1. The molecule has 1 aromatic heterocycles. The quantitative estimate of drug-likeness (QED) is 0.864. The molecule has 2 aromatic rings.